The minimum absolute atomic E-state index is 0.149. The Morgan fingerprint density at radius 1 is 1.03 bits per heavy atom. The standard InChI is InChI=1S/C22H25N5O3/c23-19-11-9-17(16-6-2-1-3-7-16)14-20(19)24-21(28)12-10-18-15-27(26-25-18)13-5-4-8-22(29)30/h1-3,6-7,9,11,14-15H,4-5,8,10,12-13,23H2,(H,24,28)(H,29,30). The molecule has 4 N–H and O–H groups in total. The summed E-state index contributed by atoms with van der Waals surface area (Å²) in [5, 5.41) is 19.6. The van der Waals surface area contributed by atoms with E-state index in [4.69, 9.17) is 10.8 Å². The number of amides is 1. The third kappa shape index (κ3) is 6.16. The van der Waals surface area contributed by atoms with E-state index in [1.54, 1.807) is 16.9 Å². The van der Waals surface area contributed by atoms with Gasteiger partial charge >= 0.3 is 5.97 Å². The summed E-state index contributed by atoms with van der Waals surface area (Å²) in [5.74, 6) is -0.946. The van der Waals surface area contributed by atoms with Crippen molar-refractivity contribution < 1.29 is 14.7 Å². The number of hydrogen-bond donors (Lipinski definition) is 3. The zero-order chi connectivity index (χ0) is 21.3. The fourth-order valence-corrected chi connectivity index (χ4v) is 3.04. The molecule has 0 fully saturated rings. The maximum atomic E-state index is 12.4. The topological polar surface area (TPSA) is 123 Å². The van der Waals surface area contributed by atoms with Crippen molar-refractivity contribution >= 4 is 23.3 Å². The van der Waals surface area contributed by atoms with Crippen molar-refractivity contribution in [2.75, 3.05) is 11.1 Å². The SMILES string of the molecule is Nc1ccc(-c2ccccc2)cc1NC(=O)CCc1cn(CCCCC(=O)O)nn1. The number of carboxylic acids is 1. The lowest BCUT2D eigenvalue weighted by molar-refractivity contribution is -0.137. The Morgan fingerprint density at radius 2 is 1.83 bits per heavy atom. The molecule has 1 aromatic heterocycles. The number of carboxylic acid groups (broad SMARTS) is 1. The van der Waals surface area contributed by atoms with Crippen LogP contribution in [-0.4, -0.2) is 32.0 Å². The van der Waals surface area contributed by atoms with Crippen LogP contribution in [0.3, 0.4) is 0 Å². The van der Waals surface area contributed by atoms with Gasteiger partial charge in [0.05, 0.1) is 17.1 Å². The largest absolute Gasteiger partial charge is 0.481 e. The predicted octanol–water partition coefficient (Wildman–Crippen LogP) is 3.35. The summed E-state index contributed by atoms with van der Waals surface area (Å²) in [7, 11) is 0. The number of rotatable bonds is 10. The van der Waals surface area contributed by atoms with Crippen molar-refractivity contribution in [3.05, 3.63) is 60.4 Å². The summed E-state index contributed by atoms with van der Waals surface area (Å²) in [4.78, 5) is 22.9. The van der Waals surface area contributed by atoms with Crippen LogP contribution in [0.1, 0.15) is 31.4 Å². The van der Waals surface area contributed by atoms with E-state index < -0.39 is 5.97 Å². The molecule has 0 saturated carbocycles. The molecule has 0 bridgehead atoms. The molecular formula is C22H25N5O3. The molecule has 0 aliphatic carbocycles. The lowest BCUT2D eigenvalue weighted by Crippen LogP contribution is -2.13. The third-order valence-corrected chi connectivity index (χ3v) is 4.66. The number of hydrogen-bond acceptors (Lipinski definition) is 5. The molecule has 0 radical (unpaired) electrons. The molecule has 8 nitrogen and oxygen atoms in total. The van der Waals surface area contributed by atoms with Crippen molar-refractivity contribution in [2.24, 2.45) is 0 Å². The highest BCUT2D eigenvalue weighted by Crippen LogP contribution is 2.27. The molecule has 0 aliphatic heterocycles. The van der Waals surface area contributed by atoms with E-state index in [9.17, 15) is 9.59 Å². The Hall–Kier alpha value is -3.68. The van der Waals surface area contributed by atoms with Gasteiger partial charge in [-0.05, 0) is 36.1 Å². The summed E-state index contributed by atoms with van der Waals surface area (Å²) >= 11 is 0. The van der Waals surface area contributed by atoms with Gasteiger partial charge in [0.2, 0.25) is 5.91 Å². The van der Waals surface area contributed by atoms with Crippen LogP contribution in [0.4, 0.5) is 11.4 Å². The van der Waals surface area contributed by atoms with E-state index in [0.717, 1.165) is 16.8 Å². The van der Waals surface area contributed by atoms with Gasteiger partial charge in [-0.25, -0.2) is 0 Å². The van der Waals surface area contributed by atoms with Crippen LogP contribution >= 0.6 is 0 Å². The van der Waals surface area contributed by atoms with Crippen LogP contribution in [0.2, 0.25) is 0 Å². The summed E-state index contributed by atoms with van der Waals surface area (Å²) in [6, 6.07) is 15.5. The molecule has 156 valence electrons. The molecule has 8 heteroatoms. The second-order valence-corrected chi connectivity index (χ2v) is 7.04. The number of aliphatic carboxylic acids is 1. The van der Waals surface area contributed by atoms with Crippen molar-refractivity contribution in [1.82, 2.24) is 15.0 Å². The molecular weight excluding hydrogens is 382 g/mol. The minimum atomic E-state index is -0.796. The minimum Gasteiger partial charge on any atom is -0.481 e. The number of carbonyl (C=O) groups is 2. The van der Waals surface area contributed by atoms with Crippen molar-refractivity contribution in [2.45, 2.75) is 38.6 Å². The third-order valence-electron chi connectivity index (χ3n) is 4.66. The lowest BCUT2D eigenvalue weighted by atomic mass is 10.0. The van der Waals surface area contributed by atoms with E-state index >= 15 is 0 Å². The van der Waals surface area contributed by atoms with Gasteiger partial charge in [0.15, 0.2) is 0 Å². The maximum Gasteiger partial charge on any atom is 0.303 e. The number of aromatic nitrogens is 3. The number of anilines is 2. The summed E-state index contributed by atoms with van der Waals surface area (Å²) in [6.07, 6.45) is 3.96. The van der Waals surface area contributed by atoms with Gasteiger partial charge in [-0.3, -0.25) is 14.3 Å². The number of nitrogens with one attached hydrogen (secondary N) is 1. The van der Waals surface area contributed by atoms with Gasteiger partial charge in [0.25, 0.3) is 0 Å². The molecule has 3 aromatic rings. The number of aryl methyl sites for hydroxylation is 2. The molecule has 0 unspecified atom stereocenters. The molecule has 30 heavy (non-hydrogen) atoms. The zero-order valence-corrected chi connectivity index (χ0v) is 16.6. The quantitative estimate of drug-likeness (QED) is 0.350. The first kappa shape index (κ1) is 21.0. The van der Waals surface area contributed by atoms with Crippen LogP contribution in [0.25, 0.3) is 11.1 Å². The monoisotopic (exact) mass is 407 g/mol. The van der Waals surface area contributed by atoms with Gasteiger partial charge in [0.1, 0.15) is 0 Å². The lowest BCUT2D eigenvalue weighted by Gasteiger charge is -2.10. The Labute approximate surface area is 174 Å². The normalized spacial score (nSPS) is 10.7. The molecule has 1 heterocycles. The van der Waals surface area contributed by atoms with Gasteiger partial charge < -0.3 is 16.2 Å². The molecule has 0 atom stereocenters. The van der Waals surface area contributed by atoms with Gasteiger partial charge in [-0.1, -0.05) is 41.6 Å². The second-order valence-electron chi connectivity index (χ2n) is 7.04. The Balaban J connectivity index is 1.51. The van der Waals surface area contributed by atoms with Gasteiger partial charge in [0, 0.05) is 32.0 Å². The van der Waals surface area contributed by atoms with E-state index in [1.165, 1.54) is 0 Å². The highest BCUT2D eigenvalue weighted by atomic mass is 16.4. The summed E-state index contributed by atoms with van der Waals surface area (Å²) in [5.41, 5.74) is 9.87. The first-order valence-electron chi connectivity index (χ1n) is 9.87. The number of nitrogens with zero attached hydrogens (tertiary/aromatic N) is 3. The predicted molar refractivity (Wildman–Crippen MR) is 115 cm³/mol. The number of nitrogens with two attached hydrogens (primary N) is 1. The first-order valence-corrected chi connectivity index (χ1v) is 9.87. The van der Waals surface area contributed by atoms with E-state index in [2.05, 4.69) is 15.6 Å². The van der Waals surface area contributed by atoms with Crippen LogP contribution in [0.15, 0.2) is 54.7 Å². The number of carbonyl (C=O) groups excluding carboxylic acids is 1. The summed E-state index contributed by atoms with van der Waals surface area (Å²) < 4.78 is 1.68. The number of benzene rings is 2. The number of nitrogen functional groups attached to an aromatic ring is 1. The van der Waals surface area contributed by atoms with Crippen LogP contribution < -0.4 is 11.1 Å². The zero-order valence-electron chi connectivity index (χ0n) is 16.6. The van der Waals surface area contributed by atoms with Crippen LogP contribution in [0, 0.1) is 0 Å². The Morgan fingerprint density at radius 3 is 2.60 bits per heavy atom. The van der Waals surface area contributed by atoms with Gasteiger partial charge in [-0.15, -0.1) is 5.10 Å². The van der Waals surface area contributed by atoms with Crippen LogP contribution in [-0.2, 0) is 22.6 Å². The Bertz CT molecular complexity index is 1000. The highest BCUT2D eigenvalue weighted by Gasteiger charge is 2.09. The fourth-order valence-electron chi connectivity index (χ4n) is 3.04. The molecule has 1 amide bonds. The Kier molecular flexibility index (Phi) is 7.15. The maximum absolute atomic E-state index is 12.4. The first-order chi connectivity index (χ1) is 14.5. The average Bonchev–Trinajstić information content (AvgIpc) is 3.20. The summed E-state index contributed by atoms with van der Waals surface area (Å²) in [6.45, 7) is 0.606. The van der Waals surface area contributed by atoms with Crippen molar-refractivity contribution in [1.29, 1.82) is 0 Å². The molecule has 0 spiro atoms. The van der Waals surface area contributed by atoms with E-state index in [-0.39, 0.29) is 18.7 Å². The van der Waals surface area contributed by atoms with E-state index in [0.29, 0.717) is 37.2 Å². The molecule has 0 aliphatic rings. The molecule has 3 rings (SSSR count). The number of unbranched alkanes of at least 4 members (excludes halogenated alkanes) is 1. The van der Waals surface area contributed by atoms with Crippen LogP contribution in [0.5, 0.6) is 0 Å². The van der Waals surface area contributed by atoms with Crippen molar-refractivity contribution in [3.63, 3.8) is 0 Å². The van der Waals surface area contributed by atoms with Gasteiger partial charge in [-0.2, -0.15) is 0 Å². The van der Waals surface area contributed by atoms with E-state index in [1.807, 2.05) is 42.5 Å². The second kappa shape index (κ2) is 10.2. The molecule has 2 aromatic carbocycles. The fraction of sp³-hybridized carbons (Fsp3) is 0.273. The average molecular weight is 407 g/mol. The molecule has 0 saturated heterocycles. The highest BCUT2D eigenvalue weighted by molar-refractivity contribution is 5.95. The smallest absolute Gasteiger partial charge is 0.303 e. The van der Waals surface area contributed by atoms with Crippen molar-refractivity contribution in [3.8, 4) is 11.1 Å².